The lowest BCUT2D eigenvalue weighted by Gasteiger charge is -2.41. The van der Waals surface area contributed by atoms with Gasteiger partial charge in [0.15, 0.2) is 24.6 Å². The summed E-state index contributed by atoms with van der Waals surface area (Å²) in [4.78, 5) is 59.4. The summed E-state index contributed by atoms with van der Waals surface area (Å²) >= 11 is 0. The molecule has 1 amide bonds. The first-order valence-corrected chi connectivity index (χ1v) is 10.6. The van der Waals surface area contributed by atoms with Gasteiger partial charge in [0.25, 0.3) is 5.91 Å². The predicted molar refractivity (Wildman–Crippen MR) is 112 cm³/mol. The highest BCUT2D eigenvalue weighted by molar-refractivity contribution is 5.93. The molecule has 1 aliphatic heterocycles. The minimum Gasteiger partial charge on any atom is -0.463 e. The van der Waals surface area contributed by atoms with Crippen molar-refractivity contribution in [2.75, 3.05) is 13.2 Å². The zero-order valence-electron chi connectivity index (χ0n) is 19.6. The third kappa shape index (κ3) is 7.24. The molecule has 34 heavy (non-hydrogen) atoms. The van der Waals surface area contributed by atoms with Gasteiger partial charge < -0.3 is 29.0 Å². The van der Waals surface area contributed by atoms with Crippen LogP contribution in [0, 0.1) is 0 Å². The number of rotatable bonds is 8. The number of amides is 1. The molecule has 0 bridgehead atoms. The highest BCUT2D eigenvalue weighted by Crippen LogP contribution is 2.32. The van der Waals surface area contributed by atoms with Crippen LogP contribution in [0.1, 0.15) is 51.2 Å². The van der Waals surface area contributed by atoms with E-state index in [-0.39, 0.29) is 18.1 Å². The van der Waals surface area contributed by atoms with E-state index in [0.29, 0.717) is 6.54 Å². The Morgan fingerprint density at radius 1 is 0.912 bits per heavy atom. The van der Waals surface area contributed by atoms with E-state index >= 15 is 0 Å². The van der Waals surface area contributed by atoms with Crippen LogP contribution in [0.2, 0.25) is 0 Å². The van der Waals surface area contributed by atoms with Crippen molar-refractivity contribution in [1.82, 2.24) is 5.32 Å². The van der Waals surface area contributed by atoms with Crippen LogP contribution in [0.3, 0.4) is 0 Å². The van der Waals surface area contributed by atoms with Crippen molar-refractivity contribution in [2.24, 2.45) is 0 Å². The highest BCUT2D eigenvalue weighted by atomic mass is 16.7. The lowest BCUT2D eigenvalue weighted by Crippen LogP contribution is -2.65. The summed E-state index contributed by atoms with van der Waals surface area (Å²) in [6, 6.07) is 3.16. The Hall–Kier alpha value is -3.54. The number of esters is 4. The second-order valence-electron chi connectivity index (χ2n) is 7.49. The minimum absolute atomic E-state index is 0.289. The number of pyridine rings is 1. The van der Waals surface area contributed by atoms with E-state index in [1.54, 1.807) is 25.3 Å². The summed E-state index contributed by atoms with van der Waals surface area (Å²) in [5, 5.41) is 2.68. The fourth-order valence-electron chi connectivity index (χ4n) is 3.49. The summed E-state index contributed by atoms with van der Waals surface area (Å²) in [6.45, 7) is 6.47. The van der Waals surface area contributed by atoms with Crippen molar-refractivity contribution < 1.29 is 52.2 Å². The van der Waals surface area contributed by atoms with Gasteiger partial charge >= 0.3 is 30.1 Å². The van der Waals surface area contributed by atoms with Gasteiger partial charge in [0.2, 0.25) is 6.10 Å². The second-order valence-corrected chi connectivity index (χ2v) is 7.49. The molecule has 1 saturated heterocycles. The van der Waals surface area contributed by atoms with Crippen molar-refractivity contribution in [2.45, 2.75) is 65.3 Å². The molecule has 0 aromatic carbocycles. The number of hydrogen-bond donors (Lipinski definition) is 1. The number of aromatic nitrogens is 1. The molecule has 5 unspecified atom stereocenters. The SMILES string of the molecule is CCNC(=O)c1ccc[n+](C2OC(COC(C)=O)C(OC(C)=O)C(OC(C)=O)C2OC(C)=O)c1. The maximum atomic E-state index is 12.3. The Balaban J connectivity index is 2.57. The van der Waals surface area contributed by atoms with E-state index in [0.717, 1.165) is 20.8 Å². The number of hydrogen-bond acceptors (Lipinski definition) is 10. The average molecular weight is 481 g/mol. The van der Waals surface area contributed by atoms with Gasteiger partial charge in [-0.3, -0.25) is 24.0 Å². The molecule has 5 atom stereocenters. The highest BCUT2D eigenvalue weighted by Gasteiger charge is 2.56. The minimum atomic E-state index is -1.30. The van der Waals surface area contributed by atoms with Crippen LogP contribution >= 0.6 is 0 Å². The Morgan fingerprint density at radius 2 is 1.50 bits per heavy atom. The Labute approximate surface area is 196 Å². The third-order valence-corrected chi connectivity index (χ3v) is 4.68. The van der Waals surface area contributed by atoms with Crippen LogP contribution in [-0.2, 0) is 42.9 Å². The summed E-state index contributed by atoms with van der Waals surface area (Å²) in [5.74, 6) is -3.12. The van der Waals surface area contributed by atoms with Gasteiger partial charge in [-0.05, 0) is 13.0 Å². The standard InChI is InChI=1S/C22H28N2O10/c1-6-23-21(29)16-8-7-9-24(10-16)22-20(33-15(5)28)19(32-14(4)27)18(31-13(3)26)17(34-22)11-30-12(2)25/h7-10,17-20,22H,6,11H2,1-5H3/p+1. The van der Waals surface area contributed by atoms with Crippen LogP contribution in [-0.4, -0.2) is 67.4 Å². The van der Waals surface area contributed by atoms with E-state index < -0.39 is 54.5 Å². The summed E-state index contributed by atoms with van der Waals surface area (Å²) in [6.07, 6.45) is -3.02. The molecule has 0 saturated carbocycles. The maximum Gasteiger partial charge on any atom is 0.304 e. The normalized spacial score (nSPS) is 23.9. The van der Waals surface area contributed by atoms with Crippen LogP contribution < -0.4 is 9.88 Å². The maximum absolute atomic E-state index is 12.3. The zero-order chi connectivity index (χ0) is 25.4. The molecule has 1 N–H and O–H groups in total. The van der Waals surface area contributed by atoms with Crippen LogP contribution in [0.25, 0.3) is 0 Å². The monoisotopic (exact) mass is 481 g/mol. The van der Waals surface area contributed by atoms with Gasteiger partial charge in [0, 0.05) is 40.3 Å². The largest absolute Gasteiger partial charge is 0.463 e. The topological polar surface area (TPSA) is 147 Å². The van der Waals surface area contributed by atoms with Crippen molar-refractivity contribution in [3.8, 4) is 0 Å². The molecule has 12 heteroatoms. The second kappa shape index (κ2) is 12.1. The fourth-order valence-corrected chi connectivity index (χ4v) is 3.49. The molecule has 0 aliphatic carbocycles. The van der Waals surface area contributed by atoms with Gasteiger partial charge in [-0.15, -0.1) is 0 Å². The van der Waals surface area contributed by atoms with Gasteiger partial charge in [0.05, 0.1) is 0 Å². The molecule has 12 nitrogen and oxygen atoms in total. The van der Waals surface area contributed by atoms with E-state index in [9.17, 15) is 24.0 Å². The van der Waals surface area contributed by atoms with Crippen molar-refractivity contribution in [3.05, 3.63) is 30.1 Å². The summed E-state index contributed by atoms with van der Waals surface area (Å²) in [5.41, 5.74) is 0.289. The van der Waals surface area contributed by atoms with Crippen molar-refractivity contribution in [1.29, 1.82) is 0 Å². The van der Waals surface area contributed by atoms with Gasteiger partial charge in [-0.1, -0.05) is 0 Å². The summed E-state index contributed by atoms with van der Waals surface area (Å²) in [7, 11) is 0. The molecule has 1 aromatic heterocycles. The van der Waals surface area contributed by atoms with Gasteiger partial charge in [0.1, 0.15) is 18.3 Å². The third-order valence-electron chi connectivity index (χ3n) is 4.68. The number of nitrogens with zero attached hydrogens (tertiary/aromatic N) is 1. The molecule has 1 fully saturated rings. The molecule has 1 aliphatic rings. The van der Waals surface area contributed by atoms with Gasteiger partial charge in [-0.25, -0.2) is 0 Å². The fraction of sp³-hybridized carbons (Fsp3) is 0.545. The molecule has 1 aromatic rings. The first-order valence-electron chi connectivity index (χ1n) is 10.6. The average Bonchev–Trinajstić information content (AvgIpc) is 2.74. The molecule has 186 valence electrons. The summed E-state index contributed by atoms with van der Waals surface area (Å²) < 4.78 is 28.8. The molecule has 0 spiro atoms. The number of nitrogens with one attached hydrogen (secondary N) is 1. The van der Waals surface area contributed by atoms with E-state index in [2.05, 4.69) is 5.32 Å². The van der Waals surface area contributed by atoms with E-state index in [4.69, 9.17) is 23.7 Å². The number of carbonyl (C=O) groups is 5. The Morgan fingerprint density at radius 3 is 2.06 bits per heavy atom. The van der Waals surface area contributed by atoms with Crippen LogP contribution in [0.15, 0.2) is 24.5 Å². The van der Waals surface area contributed by atoms with E-state index in [1.807, 2.05) is 0 Å². The molecule has 2 rings (SSSR count). The lowest BCUT2D eigenvalue weighted by atomic mass is 9.97. The lowest BCUT2D eigenvalue weighted by molar-refractivity contribution is -0.777. The zero-order valence-corrected chi connectivity index (χ0v) is 19.6. The van der Waals surface area contributed by atoms with E-state index in [1.165, 1.54) is 17.7 Å². The molecule has 2 heterocycles. The Kier molecular flexibility index (Phi) is 9.48. The smallest absolute Gasteiger partial charge is 0.304 e. The van der Waals surface area contributed by atoms with Crippen LogP contribution in [0.5, 0.6) is 0 Å². The molecular formula is C22H29N2O10+. The first kappa shape index (κ1) is 26.7. The molecule has 0 radical (unpaired) electrons. The van der Waals surface area contributed by atoms with Crippen LogP contribution in [0.4, 0.5) is 0 Å². The quantitative estimate of drug-likeness (QED) is 0.305. The van der Waals surface area contributed by atoms with Crippen molar-refractivity contribution >= 4 is 29.8 Å². The number of ether oxygens (including phenoxy) is 5. The predicted octanol–water partition coefficient (Wildman–Crippen LogP) is -0.0206. The first-order chi connectivity index (χ1) is 16.0. The van der Waals surface area contributed by atoms with Crippen molar-refractivity contribution in [3.63, 3.8) is 0 Å². The molecular weight excluding hydrogens is 452 g/mol. The van der Waals surface area contributed by atoms with Gasteiger partial charge in [-0.2, -0.15) is 4.57 Å². The number of carbonyl (C=O) groups excluding carboxylic acids is 5. The Bertz CT molecular complexity index is 934.